The van der Waals surface area contributed by atoms with Crippen LogP contribution in [0.3, 0.4) is 0 Å². The van der Waals surface area contributed by atoms with Gasteiger partial charge in [-0.1, -0.05) is 19.8 Å². The monoisotopic (exact) mass is 229 g/mol. The van der Waals surface area contributed by atoms with Crippen molar-refractivity contribution in [1.29, 1.82) is 0 Å². The van der Waals surface area contributed by atoms with E-state index in [1.807, 2.05) is 0 Å². The van der Waals surface area contributed by atoms with E-state index in [9.17, 15) is 4.79 Å². The number of hydrogen-bond acceptors (Lipinski definition) is 3. The number of carboxylic acids is 1. The van der Waals surface area contributed by atoms with E-state index in [-0.39, 0.29) is 0 Å². The van der Waals surface area contributed by atoms with Crippen molar-refractivity contribution in [2.24, 2.45) is 0 Å². The summed E-state index contributed by atoms with van der Waals surface area (Å²) in [6.07, 6.45) is 6.23. The van der Waals surface area contributed by atoms with E-state index in [1.54, 1.807) is 0 Å². The molecular formula is C12H23NO3. The molecule has 1 aliphatic carbocycles. The number of carboxylic acid groups (broad SMARTS) is 1. The molecule has 1 atom stereocenters. The van der Waals surface area contributed by atoms with Crippen LogP contribution in [0.5, 0.6) is 0 Å². The highest BCUT2D eigenvalue weighted by Crippen LogP contribution is 2.20. The molecule has 0 aliphatic heterocycles. The van der Waals surface area contributed by atoms with Gasteiger partial charge in [-0.2, -0.15) is 0 Å². The van der Waals surface area contributed by atoms with Crippen LogP contribution in [-0.2, 0) is 9.53 Å². The molecule has 0 saturated heterocycles. The Bertz CT molecular complexity index is 204. The lowest BCUT2D eigenvalue weighted by Gasteiger charge is -2.13. The van der Waals surface area contributed by atoms with Gasteiger partial charge in [0.25, 0.3) is 0 Å². The SMILES string of the molecule is CCCCCOCCC(NC1CC1)C(=O)O. The molecule has 94 valence electrons. The third kappa shape index (κ3) is 6.08. The molecule has 1 saturated carbocycles. The van der Waals surface area contributed by atoms with Gasteiger partial charge in [0.05, 0.1) is 0 Å². The molecule has 1 aliphatic rings. The van der Waals surface area contributed by atoms with Gasteiger partial charge in [0.15, 0.2) is 0 Å². The molecule has 0 radical (unpaired) electrons. The second kappa shape index (κ2) is 7.63. The van der Waals surface area contributed by atoms with Gasteiger partial charge in [-0.15, -0.1) is 0 Å². The summed E-state index contributed by atoms with van der Waals surface area (Å²) in [7, 11) is 0. The third-order valence-electron chi connectivity index (χ3n) is 2.76. The van der Waals surface area contributed by atoms with Crippen LogP contribution < -0.4 is 5.32 Å². The van der Waals surface area contributed by atoms with E-state index in [2.05, 4.69) is 12.2 Å². The average molecular weight is 229 g/mol. The van der Waals surface area contributed by atoms with E-state index < -0.39 is 12.0 Å². The first kappa shape index (κ1) is 13.5. The highest BCUT2D eigenvalue weighted by molar-refractivity contribution is 5.73. The quantitative estimate of drug-likeness (QED) is 0.561. The molecule has 0 amide bonds. The van der Waals surface area contributed by atoms with Crippen LogP contribution in [0.4, 0.5) is 0 Å². The van der Waals surface area contributed by atoms with Gasteiger partial charge in [0.1, 0.15) is 6.04 Å². The summed E-state index contributed by atoms with van der Waals surface area (Å²) < 4.78 is 5.42. The second-order valence-electron chi connectivity index (χ2n) is 4.44. The minimum Gasteiger partial charge on any atom is -0.480 e. The van der Waals surface area contributed by atoms with Crippen molar-refractivity contribution in [3.05, 3.63) is 0 Å². The Kier molecular flexibility index (Phi) is 6.42. The summed E-state index contributed by atoms with van der Waals surface area (Å²) in [4.78, 5) is 10.9. The molecule has 0 aromatic carbocycles. The first-order valence-corrected chi connectivity index (χ1v) is 6.30. The number of ether oxygens (including phenoxy) is 1. The van der Waals surface area contributed by atoms with Crippen LogP contribution in [0, 0.1) is 0 Å². The molecule has 0 bridgehead atoms. The van der Waals surface area contributed by atoms with E-state index in [0.717, 1.165) is 25.9 Å². The summed E-state index contributed by atoms with van der Waals surface area (Å²) in [6, 6.07) is -0.000124. The van der Waals surface area contributed by atoms with Crippen LogP contribution in [0.15, 0.2) is 0 Å². The first-order chi connectivity index (χ1) is 7.74. The number of carbonyl (C=O) groups is 1. The van der Waals surface area contributed by atoms with E-state index in [1.165, 1.54) is 12.8 Å². The molecule has 1 unspecified atom stereocenters. The van der Waals surface area contributed by atoms with E-state index in [0.29, 0.717) is 19.1 Å². The lowest BCUT2D eigenvalue weighted by molar-refractivity contribution is -0.140. The Morgan fingerprint density at radius 1 is 1.44 bits per heavy atom. The van der Waals surface area contributed by atoms with Gasteiger partial charge in [0, 0.05) is 19.3 Å². The maximum absolute atomic E-state index is 10.9. The Morgan fingerprint density at radius 2 is 2.19 bits per heavy atom. The maximum Gasteiger partial charge on any atom is 0.320 e. The fourth-order valence-electron chi connectivity index (χ4n) is 1.57. The number of aliphatic carboxylic acids is 1. The van der Waals surface area contributed by atoms with Crippen molar-refractivity contribution >= 4 is 5.97 Å². The summed E-state index contributed by atoms with van der Waals surface area (Å²) in [5, 5.41) is 12.1. The van der Waals surface area contributed by atoms with Gasteiger partial charge in [-0.25, -0.2) is 0 Å². The van der Waals surface area contributed by atoms with Crippen molar-refractivity contribution in [3.63, 3.8) is 0 Å². The molecule has 2 N–H and O–H groups in total. The fraction of sp³-hybridized carbons (Fsp3) is 0.917. The van der Waals surface area contributed by atoms with Gasteiger partial charge >= 0.3 is 5.97 Å². The van der Waals surface area contributed by atoms with Crippen molar-refractivity contribution in [3.8, 4) is 0 Å². The molecule has 1 fully saturated rings. The summed E-state index contributed by atoms with van der Waals surface area (Å²) in [6.45, 7) is 3.45. The highest BCUT2D eigenvalue weighted by Gasteiger charge is 2.27. The van der Waals surface area contributed by atoms with E-state index in [4.69, 9.17) is 9.84 Å². The minimum absolute atomic E-state index is 0.432. The highest BCUT2D eigenvalue weighted by atomic mass is 16.5. The Labute approximate surface area is 97.4 Å². The van der Waals surface area contributed by atoms with Crippen LogP contribution in [-0.4, -0.2) is 36.4 Å². The summed E-state index contributed by atoms with van der Waals surface area (Å²) >= 11 is 0. The normalized spacial score (nSPS) is 17.3. The first-order valence-electron chi connectivity index (χ1n) is 6.30. The number of hydrogen-bond donors (Lipinski definition) is 2. The molecule has 0 aromatic heterocycles. The second-order valence-corrected chi connectivity index (χ2v) is 4.44. The van der Waals surface area contributed by atoms with Gasteiger partial charge in [0.2, 0.25) is 0 Å². The fourth-order valence-corrected chi connectivity index (χ4v) is 1.57. The lowest BCUT2D eigenvalue weighted by Crippen LogP contribution is -2.39. The van der Waals surface area contributed by atoms with Gasteiger partial charge in [-0.05, 0) is 25.7 Å². The zero-order valence-electron chi connectivity index (χ0n) is 10.1. The Morgan fingerprint density at radius 3 is 2.75 bits per heavy atom. The molecule has 0 aromatic rings. The van der Waals surface area contributed by atoms with Gasteiger partial charge in [-0.3, -0.25) is 4.79 Å². The van der Waals surface area contributed by atoms with Crippen LogP contribution in [0.25, 0.3) is 0 Å². The van der Waals surface area contributed by atoms with Crippen LogP contribution in [0.2, 0.25) is 0 Å². The molecule has 1 rings (SSSR count). The number of rotatable bonds is 10. The molecule has 0 spiro atoms. The van der Waals surface area contributed by atoms with Crippen LogP contribution >= 0.6 is 0 Å². The van der Waals surface area contributed by atoms with E-state index >= 15 is 0 Å². The molecule has 0 heterocycles. The largest absolute Gasteiger partial charge is 0.480 e. The molecule has 4 nitrogen and oxygen atoms in total. The van der Waals surface area contributed by atoms with Crippen molar-refractivity contribution in [2.45, 2.75) is 57.5 Å². The Balaban J connectivity index is 2.00. The third-order valence-corrected chi connectivity index (χ3v) is 2.76. The standard InChI is InChI=1S/C12H23NO3/c1-2-3-4-8-16-9-7-11(12(14)15)13-10-5-6-10/h10-11,13H,2-9H2,1H3,(H,14,15). The summed E-state index contributed by atoms with van der Waals surface area (Å²) in [5.74, 6) is -0.760. The Hall–Kier alpha value is -0.610. The van der Waals surface area contributed by atoms with Crippen LogP contribution in [0.1, 0.15) is 45.4 Å². The molecule has 4 heteroatoms. The van der Waals surface area contributed by atoms with Crippen molar-refractivity contribution in [1.82, 2.24) is 5.32 Å². The predicted molar refractivity (Wildman–Crippen MR) is 62.5 cm³/mol. The molecule has 16 heavy (non-hydrogen) atoms. The average Bonchev–Trinajstić information content (AvgIpc) is 3.05. The van der Waals surface area contributed by atoms with Crippen molar-refractivity contribution in [2.75, 3.05) is 13.2 Å². The molecular weight excluding hydrogens is 206 g/mol. The lowest BCUT2D eigenvalue weighted by atomic mass is 10.2. The van der Waals surface area contributed by atoms with Crippen molar-refractivity contribution < 1.29 is 14.6 Å². The van der Waals surface area contributed by atoms with Gasteiger partial charge < -0.3 is 15.2 Å². The smallest absolute Gasteiger partial charge is 0.320 e. The topological polar surface area (TPSA) is 58.6 Å². The predicted octanol–water partition coefficient (Wildman–Crippen LogP) is 1.79. The summed E-state index contributed by atoms with van der Waals surface area (Å²) in [5.41, 5.74) is 0. The maximum atomic E-state index is 10.9. The number of nitrogens with one attached hydrogen (secondary N) is 1. The number of unbranched alkanes of at least 4 members (excludes halogenated alkanes) is 2. The zero-order valence-corrected chi connectivity index (χ0v) is 10.1. The zero-order chi connectivity index (χ0) is 11.8. The minimum atomic E-state index is -0.760.